The average molecular weight is 387 g/mol. The lowest BCUT2D eigenvalue weighted by molar-refractivity contribution is 0.0782. The lowest BCUT2D eigenvalue weighted by Crippen LogP contribution is -2.26. The number of amides is 1. The standard InChI is InChI=1S/C20H19ClN2O4/c1-23(20(24)15-6-4-5-7-17(15)21)12-13-10-19(27-22-13)16-11-14(25-2)8-9-18(16)26-3/h4-11H,12H2,1-3H3. The van der Waals surface area contributed by atoms with Crippen LogP contribution in [0.1, 0.15) is 16.1 Å². The van der Waals surface area contributed by atoms with Crippen molar-refractivity contribution >= 4 is 17.5 Å². The SMILES string of the molecule is COc1ccc(OC)c(-c2cc(CN(C)C(=O)c3ccccc3Cl)no2)c1. The van der Waals surface area contributed by atoms with Gasteiger partial charge in [-0.3, -0.25) is 4.79 Å². The maximum absolute atomic E-state index is 12.6. The van der Waals surface area contributed by atoms with Crippen molar-refractivity contribution < 1.29 is 18.8 Å². The number of methoxy groups -OCH3 is 2. The van der Waals surface area contributed by atoms with Crippen LogP contribution in [0.15, 0.2) is 53.1 Å². The van der Waals surface area contributed by atoms with E-state index in [1.54, 1.807) is 63.7 Å². The van der Waals surface area contributed by atoms with Crippen LogP contribution < -0.4 is 9.47 Å². The molecule has 0 bridgehead atoms. The van der Waals surface area contributed by atoms with Gasteiger partial charge < -0.3 is 18.9 Å². The molecule has 0 atom stereocenters. The van der Waals surface area contributed by atoms with E-state index in [2.05, 4.69) is 5.16 Å². The highest BCUT2D eigenvalue weighted by atomic mass is 35.5. The third kappa shape index (κ3) is 4.06. The van der Waals surface area contributed by atoms with Gasteiger partial charge in [0.1, 0.15) is 17.2 Å². The molecule has 7 heteroatoms. The molecule has 3 rings (SSSR count). The van der Waals surface area contributed by atoms with E-state index in [-0.39, 0.29) is 12.5 Å². The summed E-state index contributed by atoms with van der Waals surface area (Å²) < 4.78 is 16.1. The number of halogens is 1. The van der Waals surface area contributed by atoms with Crippen molar-refractivity contribution in [2.45, 2.75) is 6.54 Å². The van der Waals surface area contributed by atoms with E-state index in [9.17, 15) is 4.79 Å². The fourth-order valence-electron chi connectivity index (χ4n) is 2.67. The van der Waals surface area contributed by atoms with Gasteiger partial charge in [0.25, 0.3) is 5.91 Å². The third-order valence-corrected chi connectivity index (χ3v) is 4.41. The van der Waals surface area contributed by atoms with Crippen molar-refractivity contribution in [3.05, 3.63) is 64.8 Å². The molecule has 0 aliphatic carbocycles. The topological polar surface area (TPSA) is 64.8 Å². The molecule has 2 aromatic carbocycles. The van der Waals surface area contributed by atoms with Crippen molar-refractivity contribution in [3.63, 3.8) is 0 Å². The number of nitrogens with zero attached hydrogens (tertiary/aromatic N) is 2. The largest absolute Gasteiger partial charge is 0.497 e. The minimum absolute atomic E-state index is 0.191. The zero-order chi connectivity index (χ0) is 19.4. The molecule has 1 amide bonds. The van der Waals surface area contributed by atoms with Crippen molar-refractivity contribution in [1.82, 2.24) is 10.1 Å². The Morgan fingerprint density at radius 3 is 2.63 bits per heavy atom. The second-order valence-corrected chi connectivity index (χ2v) is 6.30. The van der Waals surface area contributed by atoms with Gasteiger partial charge in [0.15, 0.2) is 5.76 Å². The van der Waals surface area contributed by atoms with Gasteiger partial charge in [0.2, 0.25) is 0 Å². The number of rotatable bonds is 6. The fourth-order valence-corrected chi connectivity index (χ4v) is 2.89. The number of carbonyl (C=O) groups is 1. The lowest BCUT2D eigenvalue weighted by atomic mass is 10.1. The summed E-state index contributed by atoms with van der Waals surface area (Å²) in [6.45, 7) is 0.278. The fraction of sp³-hybridized carbons (Fsp3) is 0.200. The van der Waals surface area contributed by atoms with E-state index in [0.29, 0.717) is 33.5 Å². The van der Waals surface area contributed by atoms with Gasteiger partial charge in [-0.1, -0.05) is 28.9 Å². The molecule has 1 heterocycles. The van der Waals surface area contributed by atoms with Gasteiger partial charge in [-0.2, -0.15) is 0 Å². The van der Waals surface area contributed by atoms with Crippen molar-refractivity contribution in [2.75, 3.05) is 21.3 Å². The molecular weight excluding hydrogens is 368 g/mol. The molecule has 1 aromatic heterocycles. The van der Waals surface area contributed by atoms with Gasteiger partial charge in [0.05, 0.1) is 36.9 Å². The summed E-state index contributed by atoms with van der Waals surface area (Å²) in [5.41, 5.74) is 1.77. The van der Waals surface area contributed by atoms with Crippen LogP contribution in [-0.4, -0.2) is 37.2 Å². The van der Waals surface area contributed by atoms with E-state index in [1.165, 1.54) is 4.90 Å². The highest BCUT2D eigenvalue weighted by Gasteiger charge is 2.18. The predicted octanol–water partition coefficient (Wildman–Crippen LogP) is 4.28. The number of aromatic nitrogens is 1. The Morgan fingerprint density at radius 1 is 1.15 bits per heavy atom. The smallest absolute Gasteiger partial charge is 0.255 e. The Kier molecular flexibility index (Phi) is 5.66. The maximum Gasteiger partial charge on any atom is 0.255 e. The van der Waals surface area contributed by atoms with Gasteiger partial charge >= 0.3 is 0 Å². The Morgan fingerprint density at radius 2 is 1.93 bits per heavy atom. The highest BCUT2D eigenvalue weighted by molar-refractivity contribution is 6.33. The number of hydrogen-bond acceptors (Lipinski definition) is 5. The van der Waals surface area contributed by atoms with Gasteiger partial charge in [0, 0.05) is 13.1 Å². The molecule has 27 heavy (non-hydrogen) atoms. The highest BCUT2D eigenvalue weighted by Crippen LogP contribution is 2.34. The molecule has 0 radical (unpaired) electrons. The first kappa shape index (κ1) is 18.8. The van der Waals surface area contributed by atoms with E-state index in [4.69, 9.17) is 25.6 Å². The number of hydrogen-bond donors (Lipinski definition) is 0. The minimum Gasteiger partial charge on any atom is -0.497 e. The molecule has 0 saturated carbocycles. The van der Waals surface area contributed by atoms with Gasteiger partial charge in [-0.25, -0.2) is 0 Å². The Bertz CT molecular complexity index is 955. The summed E-state index contributed by atoms with van der Waals surface area (Å²) in [7, 11) is 4.86. The zero-order valence-electron chi connectivity index (χ0n) is 15.2. The van der Waals surface area contributed by atoms with Gasteiger partial charge in [-0.15, -0.1) is 0 Å². The summed E-state index contributed by atoms with van der Waals surface area (Å²) in [5, 5.41) is 4.48. The predicted molar refractivity (Wildman–Crippen MR) is 102 cm³/mol. The van der Waals surface area contributed by atoms with Crippen molar-refractivity contribution in [3.8, 4) is 22.8 Å². The molecular formula is C20H19ClN2O4. The quantitative estimate of drug-likeness (QED) is 0.632. The Hall–Kier alpha value is -2.99. The first-order chi connectivity index (χ1) is 13.0. The second-order valence-electron chi connectivity index (χ2n) is 5.89. The Balaban J connectivity index is 1.80. The molecule has 0 aliphatic rings. The van der Waals surface area contributed by atoms with Crippen LogP contribution in [0, 0.1) is 0 Å². The number of benzene rings is 2. The molecule has 0 unspecified atom stereocenters. The van der Waals surface area contributed by atoms with Crippen LogP contribution in [-0.2, 0) is 6.54 Å². The molecule has 0 saturated heterocycles. The first-order valence-electron chi connectivity index (χ1n) is 8.21. The van der Waals surface area contributed by atoms with Crippen molar-refractivity contribution in [2.24, 2.45) is 0 Å². The summed E-state index contributed by atoms with van der Waals surface area (Å²) >= 11 is 6.10. The molecule has 0 N–H and O–H groups in total. The van der Waals surface area contributed by atoms with Crippen LogP contribution in [0.25, 0.3) is 11.3 Å². The summed E-state index contributed by atoms with van der Waals surface area (Å²) in [6.07, 6.45) is 0. The zero-order valence-corrected chi connectivity index (χ0v) is 16.0. The second kappa shape index (κ2) is 8.14. The van der Waals surface area contributed by atoms with Crippen LogP contribution in [0.3, 0.4) is 0 Å². The molecule has 0 fully saturated rings. The summed E-state index contributed by atoms with van der Waals surface area (Å²) in [5.74, 6) is 1.65. The average Bonchev–Trinajstić information content (AvgIpc) is 3.15. The molecule has 0 spiro atoms. The van der Waals surface area contributed by atoms with E-state index in [0.717, 1.165) is 5.56 Å². The lowest BCUT2D eigenvalue weighted by Gasteiger charge is -2.16. The van der Waals surface area contributed by atoms with Gasteiger partial charge in [-0.05, 0) is 30.3 Å². The normalized spacial score (nSPS) is 10.5. The molecule has 6 nitrogen and oxygen atoms in total. The monoisotopic (exact) mass is 386 g/mol. The minimum atomic E-state index is -0.191. The van der Waals surface area contributed by atoms with E-state index in [1.807, 2.05) is 6.07 Å². The van der Waals surface area contributed by atoms with Crippen molar-refractivity contribution in [1.29, 1.82) is 0 Å². The molecule has 140 valence electrons. The van der Waals surface area contributed by atoms with Crippen LogP contribution in [0.2, 0.25) is 5.02 Å². The third-order valence-electron chi connectivity index (χ3n) is 4.08. The Labute approximate surface area is 162 Å². The molecule has 3 aromatic rings. The summed E-state index contributed by atoms with van der Waals surface area (Å²) in [4.78, 5) is 14.1. The van der Waals surface area contributed by atoms with E-state index < -0.39 is 0 Å². The van der Waals surface area contributed by atoms with Crippen LogP contribution in [0.4, 0.5) is 0 Å². The van der Waals surface area contributed by atoms with E-state index >= 15 is 0 Å². The maximum atomic E-state index is 12.6. The van der Waals surface area contributed by atoms with Crippen LogP contribution in [0.5, 0.6) is 11.5 Å². The van der Waals surface area contributed by atoms with Crippen LogP contribution >= 0.6 is 11.6 Å². The summed E-state index contributed by atoms with van der Waals surface area (Å²) in [6, 6.07) is 14.1. The number of ether oxygens (including phenoxy) is 2. The first-order valence-corrected chi connectivity index (χ1v) is 8.59. The number of carbonyl (C=O) groups excluding carboxylic acids is 1. The molecule has 0 aliphatic heterocycles.